The summed E-state index contributed by atoms with van der Waals surface area (Å²) in [5, 5.41) is 8.96. The number of halogens is 1. The van der Waals surface area contributed by atoms with Gasteiger partial charge in [-0.3, -0.25) is 4.79 Å². The highest BCUT2D eigenvalue weighted by atomic mass is 19.1. The Hall–Kier alpha value is -2.43. The number of carboxylic acids is 1. The van der Waals surface area contributed by atoms with Crippen molar-refractivity contribution in [2.75, 3.05) is 0 Å². The number of aromatic amines is 1. The summed E-state index contributed by atoms with van der Waals surface area (Å²) >= 11 is 0. The van der Waals surface area contributed by atoms with Crippen LogP contribution in [0.25, 0.3) is 11.1 Å². The van der Waals surface area contributed by atoms with Crippen molar-refractivity contribution in [2.24, 2.45) is 0 Å². The maximum absolute atomic E-state index is 13.5. The number of carboxylic acid groups (broad SMARTS) is 1. The number of H-pyrrole nitrogens is 1. The summed E-state index contributed by atoms with van der Waals surface area (Å²) in [6.07, 6.45) is 1.06. The SMILES string of the molecule is O=C(O)c1c[nH]c(=O)cc1-c1ccccc1F. The highest BCUT2D eigenvalue weighted by molar-refractivity contribution is 5.95. The van der Waals surface area contributed by atoms with Crippen molar-refractivity contribution in [2.45, 2.75) is 0 Å². The lowest BCUT2D eigenvalue weighted by Crippen LogP contribution is -2.10. The standard InChI is InChI=1S/C12H8FNO3/c13-10-4-2-1-3-7(10)8-5-11(15)14-6-9(8)12(16)17/h1-6H,(H,14,15)(H,16,17). The summed E-state index contributed by atoms with van der Waals surface area (Å²) < 4.78 is 13.5. The lowest BCUT2D eigenvalue weighted by molar-refractivity contribution is 0.0697. The molecule has 17 heavy (non-hydrogen) atoms. The average Bonchev–Trinajstić information content (AvgIpc) is 2.29. The Kier molecular flexibility index (Phi) is 2.74. The minimum atomic E-state index is -1.22. The van der Waals surface area contributed by atoms with Gasteiger partial charge in [0.05, 0.1) is 5.56 Å². The first-order valence-corrected chi connectivity index (χ1v) is 4.80. The third kappa shape index (κ3) is 2.08. The number of benzene rings is 1. The third-order valence-electron chi connectivity index (χ3n) is 2.32. The van der Waals surface area contributed by atoms with E-state index in [0.29, 0.717) is 0 Å². The number of carbonyl (C=O) groups is 1. The number of pyridine rings is 1. The Morgan fingerprint density at radius 1 is 1.24 bits per heavy atom. The molecule has 1 aromatic heterocycles. The molecule has 2 N–H and O–H groups in total. The third-order valence-corrected chi connectivity index (χ3v) is 2.32. The zero-order chi connectivity index (χ0) is 12.4. The van der Waals surface area contributed by atoms with E-state index in [0.717, 1.165) is 12.3 Å². The molecule has 0 amide bonds. The van der Waals surface area contributed by atoms with E-state index in [1.54, 1.807) is 6.07 Å². The first kappa shape index (κ1) is 11.1. The minimum Gasteiger partial charge on any atom is -0.478 e. The lowest BCUT2D eigenvalue weighted by atomic mass is 10.0. The molecule has 0 atom stereocenters. The Bertz CT molecular complexity index is 634. The number of hydrogen-bond donors (Lipinski definition) is 2. The Morgan fingerprint density at radius 2 is 1.94 bits per heavy atom. The van der Waals surface area contributed by atoms with Crippen LogP contribution in [0.1, 0.15) is 10.4 Å². The first-order chi connectivity index (χ1) is 8.09. The van der Waals surface area contributed by atoms with Gasteiger partial charge in [-0.15, -0.1) is 0 Å². The fraction of sp³-hybridized carbons (Fsp3) is 0. The molecule has 1 heterocycles. The topological polar surface area (TPSA) is 70.2 Å². The van der Waals surface area contributed by atoms with E-state index in [-0.39, 0.29) is 16.7 Å². The molecule has 86 valence electrons. The number of aromatic carboxylic acids is 1. The molecule has 0 unspecified atom stereocenters. The monoisotopic (exact) mass is 233 g/mol. The zero-order valence-electron chi connectivity index (χ0n) is 8.61. The number of hydrogen-bond acceptors (Lipinski definition) is 2. The molecule has 0 aliphatic heterocycles. The quantitative estimate of drug-likeness (QED) is 0.831. The molecule has 0 bridgehead atoms. The summed E-state index contributed by atoms with van der Waals surface area (Å²) in [7, 11) is 0. The molecule has 0 aliphatic rings. The molecule has 0 fully saturated rings. The van der Waals surface area contributed by atoms with E-state index in [4.69, 9.17) is 5.11 Å². The minimum absolute atomic E-state index is 0.0688. The summed E-state index contributed by atoms with van der Waals surface area (Å²) in [5.41, 5.74) is -0.460. The van der Waals surface area contributed by atoms with E-state index in [1.165, 1.54) is 18.2 Å². The Morgan fingerprint density at radius 3 is 2.59 bits per heavy atom. The van der Waals surface area contributed by atoms with Crippen LogP contribution in [-0.4, -0.2) is 16.1 Å². The normalized spacial score (nSPS) is 10.2. The molecule has 0 spiro atoms. The van der Waals surface area contributed by atoms with Crippen molar-refractivity contribution in [3.8, 4) is 11.1 Å². The number of rotatable bonds is 2. The van der Waals surface area contributed by atoms with Crippen LogP contribution in [0.2, 0.25) is 0 Å². The highest BCUT2D eigenvalue weighted by Gasteiger charge is 2.14. The molecule has 0 saturated carbocycles. The van der Waals surface area contributed by atoms with Gasteiger partial charge < -0.3 is 10.1 Å². The van der Waals surface area contributed by atoms with Crippen LogP contribution in [0.15, 0.2) is 41.3 Å². The fourth-order valence-corrected chi connectivity index (χ4v) is 1.55. The highest BCUT2D eigenvalue weighted by Crippen LogP contribution is 2.24. The molecule has 1 aromatic carbocycles. The summed E-state index contributed by atoms with van der Waals surface area (Å²) in [5.74, 6) is -1.79. The van der Waals surface area contributed by atoms with E-state index >= 15 is 0 Å². The maximum atomic E-state index is 13.5. The van der Waals surface area contributed by atoms with Crippen molar-refractivity contribution in [3.63, 3.8) is 0 Å². The second-order valence-corrected chi connectivity index (χ2v) is 3.41. The molecule has 5 heteroatoms. The van der Waals surface area contributed by atoms with Crippen LogP contribution in [0.3, 0.4) is 0 Å². The summed E-state index contributed by atoms with van der Waals surface area (Å²) in [6.45, 7) is 0. The van der Waals surface area contributed by atoms with Gasteiger partial charge in [-0.05, 0) is 6.07 Å². The second-order valence-electron chi connectivity index (χ2n) is 3.41. The zero-order valence-corrected chi connectivity index (χ0v) is 8.61. The van der Waals surface area contributed by atoms with Crippen LogP contribution in [0.4, 0.5) is 4.39 Å². The first-order valence-electron chi connectivity index (χ1n) is 4.80. The number of aromatic nitrogens is 1. The van der Waals surface area contributed by atoms with Crippen LogP contribution < -0.4 is 5.56 Å². The van der Waals surface area contributed by atoms with Gasteiger partial charge in [0.1, 0.15) is 5.82 Å². The van der Waals surface area contributed by atoms with Crippen LogP contribution in [0, 0.1) is 5.82 Å². The van der Waals surface area contributed by atoms with Crippen LogP contribution >= 0.6 is 0 Å². The van der Waals surface area contributed by atoms with Gasteiger partial charge >= 0.3 is 5.97 Å². The predicted octanol–water partition coefficient (Wildman–Crippen LogP) is 1.88. The molecule has 4 nitrogen and oxygen atoms in total. The number of nitrogens with one attached hydrogen (secondary N) is 1. The van der Waals surface area contributed by atoms with Gasteiger partial charge in [-0.25, -0.2) is 9.18 Å². The second kappa shape index (κ2) is 4.21. The van der Waals surface area contributed by atoms with Gasteiger partial charge in [0.25, 0.3) is 0 Å². The summed E-state index contributed by atoms with van der Waals surface area (Å²) in [6, 6.07) is 6.78. The van der Waals surface area contributed by atoms with E-state index in [9.17, 15) is 14.0 Å². The van der Waals surface area contributed by atoms with Gasteiger partial charge in [0.2, 0.25) is 5.56 Å². The van der Waals surface area contributed by atoms with E-state index < -0.39 is 17.3 Å². The Balaban J connectivity index is 2.74. The van der Waals surface area contributed by atoms with Crippen LogP contribution in [-0.2, 0) is 0 Å². The maximum Gasteiger partial charge on any atom is 0.337 e. The van der Waals surface area contributed by atoms with Crippen LogP contribution in [0.5, 0.6) is 0 Å². The largest absolute Gasteiger partial charge is 0.478 e. The van der Waals surface area contributed by atoms with Crippen molar-refractivity contribution in [1.82, 2.24) is 4.98 Å². The molecule has 0 saturated heterocycles. The van der Waals surface area contributed by atoms with Gasteiger partial charge in [0.15, 0.2) is 0 Å². The average molecular weight is 233 g/mol. The van der Waals surface area contributed by atoms with Crippen molar-refractivity contribution in [3.05, 3.63) is 58.3 Å². The fourth-order valence-electron chi connectivity index (χ4n) is 1.55. The molecular weight excluding hydrogens is 225 g/mol. The van der Waals surface area contributed by atoms with Gasteiger partial charge in [-0.1, -0.05) is 18.2 Å². The molecular formula is C12H8FNO3. The molecule has 2 rings (SSSR count). The predicted molar refractivity (Wildman–Crippen MR) is 59.4 cm³/mol. The van der Waals surface area contributed by atoms with Gasteiger partial charge in [0, 0.05) is 23.4 Å². The lowest BCUT2D eigenvalue weighted by Gasteiger charge is -2.06. The summed E-state index contributed by atoms with van der Waals surface area (Å²) in [4.78, 5) is 24.4. The van der Waals surface area contributed by atoms with Crippen molar-refractivity contribution < 1.29 is 14.3 Å². The van der Waals surface area contributed by atoms with Crippen molar-refractivity contribution >= 4 is 5.97 Å². The van der Waals surface area contributed by atoms with E-state index in [2.05, 4.69) is 4.98 Å². The van der Waals surface area contributed by atoms with Crippen molar-refractivity contribution in [1.29, 1.82) is 0 Å². The van der Waals surface area contributed by atoms with Gasteiger partial charge in [-0.2, -0.15) is 0 Å². The van der Waals surface area contributed by atoms with E-state index in [1.807, 2.05) is 0 Å². The molecule has 0 radical (unpaired) electrons. The molecule has 0 aliphatic carbocycles. The smallest absolute Gasteiger partial charge is 0.337 e. The molecule has 2 aromatic rings. The Labute approximate surface area is 95.4 Å².